The van der Waals surface area contributed by atoms with Gasteiger partial charge < -0.3 is 5.11 Å². The molecule has 0 aromatic heterocycles. The number of hydrogen-bond donors (Lipinski definition) is 1. The largest absolute Gasteiger partial charge is 0.478 e. The number of aromatic carboxylic acids is 1. The predicted octanol–water partition coefficient (Wildman–Crippen LogP) is 1.08. The number of carboxylic acid groups (broad SMARTS) is 1. The molecule has 9 heteroatoms. The summed E-state index contributed by atoms with van der Waals surface area (Å²) in [6.45, 7) is -0.984. The number of nitrogens with zero attached hydrogens (tertiary/aromatic N) is 3. The maximum absolute atomic E-state index is 12.2. The molecule has 104 valence electrons. The second-order valence-electron chi connectivity index (χ2n) is 3.54. The average molecular weight is 314 g/mol. The Morgan fingerprint density at radius 3 is 2.25 bits per heavy atom. The first-order valence-corrected chi connectivity index (χ1v) is 6.93. The number of carboxylic acids is 1. The van der Waals surface area contributed by atoms with E-state index in [0.29, 0.717) is 4.31 Å². The zero-order chi connectivity index (χ0) is 15.3. The zero-order valence-electron chi connectivity index (χ0n) is 9.95. The van der Waals surface area contributed by atoms with E-state index < -0.39 is 29.1 Å². The topological polar surface area (TPSA) is 122 Å². The molecule has 7 nitrogen and oxygen atoms in total. The molecule has 0 saturated carbocycles. The molecule has 20 heavy (non-hydrogen) atoms. The lowest BCUT2D eigenvalue weighted by molar-refractivity contribution is 0.0697. The van der Waals surface area contributed by atoms with E-state index in [9.17, 15) is 13.2 Å². The number of nitriles is 2. The Hall–Kier alpha value is -2.13. The lowest BCUT2D eigenvalue weighted by Crippen LogP contribution is -2.31. The van der Waals surface area contributed by atoms with Crippen molar-refractivity contribution in [1.82, 2.24) is 4.31 Å². The van der Waals surface area contributed by atoms with Gasteiger partial charge in [0.1, 0.15) is 13.1 Å². The fraction of sp³-hybridized carbons (Fsp3) is 0.182. The molecule has 0 atom stereocenters. The van der Waals surface area contributed by atoms with Gasteiger partial charge >= 0.3 is 5.97 Å². The Kier molecular flexibility index (Phi) is 5.06. The normalized spacial score (nSPS) is 10.8. The molecular weight excluding hydrogens is 306 g/mol. The summed E-state index contributed by atoms with van der Waals surface area (Å²) in [6, 6.07) is 6.37. The van der Waals surface area contributed by atoms with Crippen LogP contribution in [0.15, 0.2) is 23.1 Å². The fourth-order valence-corrected chi connectivity index (χ4v) is 2.95. The molecule has 0 aliphatic rings. The molecular formula is C11H8ClN3O4S. The minimum Gasteiger partial charge on any atom is -0.478 e. The van der Waals surface area contributed by atoms with Crippen LogP contribution in [0.25, 0.3) is 0 Å². The first kappa shape index (κ1) is 15.9. The summed E-state index contributed by atoms with van der Waals surface area (Å²) >= 11 is 5.70. The van der Waals surface area contributed by atoms with Crippen LogP contribution in [0.4, 0.5) is 0 Å². The number of rotatable bonds is 5. The molecule has 1 N–H and O–H groups in total. The van der Waals surface area contributed by atoms with E-state index in [1.165, 1.54) is 0 Å². The molecule has 0 fully saturated rings. The number of carbonyl (C=O) groups is 1. The van der Waals surface area contributed by atoms with Gasteiger partial charge in [-0.05, 0) is 18.2 Å². The highest BCUT2D eigenvalue weighted by atomic mass is 35.5. The van der Waals surface area contributed by atoms with E-state index in [0.717, 1.165) is 18.2 Å². The van der Waals surface area contributed by atoms with Gasteiger partial charge in [-0.2, -0.15) is 14.8 Å². The minimum absolute atomic E-state index is 0.238. The van der Waals surface area contributed by atoms with Crippen molar-refractivity contribution in [3.8, 4) is 12.1 Å². The number of halogens is 1. The van der Waals surface area contributed by atoms with Crippen LogP contribution in [-0.2, 0) is 10.0 Å². The van der Waals surface area contributed by atoms with E-state index in [-0.39, 0.29) is 15.5 Å². The molecule has 0 saturated heterocycles. The van der Waals surface area contributed by atoms with Crippen LogP contribution in [0.3, 0.4) is 0 Å². The van der Waals surface area contributed by atoms with Crippen LogP contribution in [0.2, 0.25) is 5.02 Å². The standard InChI is InChI=1S/C11H8ClN3O4S/c12-10-7-8(1-2-9(10)11(16)17)20(18,19)15(5-3-13)6-4-14/h1-2,7H,5-6H2,(H,16,17). The zero-order valence-corrected chi connectivity index (χ0v) is 11.5. The highest BCUT2D eigenvalue weighted by Gasteiger charge is 2.25. The summed E-state index contributed by atoms with van der Waals surface area (Å²) in [7, 11) is -4.08. The van der Waals surface area contributed by atoms with E-state index in [4.69, 9.17) is 27.2 Å². The molecule has 0 aliphatic heterocycles. The van der Waals surface area contributed by atoms with Crippen LogP contribution in [0.1, 0.15) is 10.4 Å². The Morgan fingerprint density at radius 2 is 1.85 bits per heavy atom. The van der Waals surface area contributed by atoms with Gasteiger partial charge in [0.25, 0.3) is 0 Å². The molecule has 0 heterocycles. The van der Waals surface area contributed by atoms with E-state index in [1.807, 2.05) is 0 Å². The molecule has 0 bridgehead atoms. The van der Waals surface area contributed by atoms with Crippen LogP contribution in [0, 0.1) is 22.7 Å². The van der Waals surface area contributed by atoms with Crippen LogP contribution in [-0.4, -0.2) is 36.9 Å². The molecule has 1 aromatic rings. The summed E-state index contributed by atoms with van der Waals surface area (Å²) in [6.07, 6.45) is 0. The van der Waals surface area contributed by atoms with Gasteiger partial charge in [-0.25, -0.2) is 13.2 Å². The van der Waals surface area contributed by atoms with Crippen LogP contribution in [0.5, 0.6) is 0 Å². The first-order chi connectivity index (χ1) is 9.34. The molecule has 1 aromatic carbocycles. The van der Waals surface area contributed by atoms with Crippen molar-refractivity contribution in [1.29, 1.82) is 10.5 Å². The highest BCUT2D eigenvalue weighted by Crippen LogP contribution is 2.23. The van der Waals surface area contributed by atoms with Crippen molar-refractivity contribution in [2.75, 3.05) is 13.1 Å². The average Bonchev–Trinajstić information content (AvgIpc) is 2.37. The van der Waals surface area contributed by atoms with Crippen LogP contribution < -0.4 is 0 Å². The maximum atomic E-state index is 12.2. The Bertz CT molecular complexity index is 702. The van der Waals surface area contributed by atoms with Gasteiger partial charge in [-0.1, -0.05) is 11.6 Å². The Morgan fingerprint density at radius 1 is 1.30 bits per heavy atom. The lowest BCUT2D eigenvalue weighted by Gasteiger charge is -2.16. The van der Waals surface area contributed by atoms with Crippen molar-refractivity contribution in [2.24, 2.45) is 0 Å². The van der Waals surface area contributed by atoms with Gasteiger partial charge in [0.05, 0.1) is 27.6 Å². The van der Waals surface area contributed by atoms with E-state index in [2.05, 4.69) is 0 Å². The Balaban J connectivity index is 3.29. The molecule has 1 rings (SSSR count). The van der Waals surface area contributed by atoms with Gasteiger partial charge in [-0.3, -0.25) is 0 Å². The van der Waals surface area contributed by atoms with Gasteiger partial charge in [0.15, 0.2) is 0 Å². The van der Waals surface area contributed by atoms with Crippen molar-refractivity contribution in [3.63, 3.8) is 0 Å². The summed E-state index contributed by atoms with van der Waals surface area (Å²) < 4.78 is 25.0. The monoisotopic (exact) mass is 313 g/mol. The Labute approximate surface area is 120 Å². The summed E-state index contributed by atoms with van der Waals surface area (Å²) in [5, 5.41) is 25.7. The van der Waals surface area contributed by atoms with Crippen molar-refractivity contribution >= 4 is 27.6 Å². The fourth-order valence-electron chi connectivity index (χ4n) is 1.36. The third-order valence-electron chi connectivity index (χ3n) is 2.30. The van der Waals surface area contributed by atoms with Gasteiger partial charge in [-0.15, -0.1) is 0 Å². The van der Waals surface area contributed by atoms with Gasteiger partial charge in [0, 0.05) is 0 Å². The summed E-state index contributed by atoms with van der Waals surface area (Å²) in [5.74, 6) is -1.29. The van der Waals surface area contributed by atoms with E-state index in [1.54, 1.807) is 12.1 Å². The minimum atomic E-state index is -4.08. The predicted molar refractivity (Wildman–Crippen MR) is 68.4 cm³/mol. The molecule has 0 spiro atoms. The third-order valence-corrected chi connectivity index (χ3v) is 4.40. The van der Waals surface area contributed by atoms with Crippen molar-refractivity contribution in [3.05, 3.63) is 28.8 Å². The number of benzene rings is 1. The number of sulfonamides is 1. The van der Waals surface area contributed by atoms with Crippen LogP contribution >= 0.6 is 11.6 Å². The highest BCUT2D eigenvalue weighted by molar-refractivity contribution is 7.89. The second kappa shape index (κ2) is 6.35. The maximum Gasteiger partial charge on any atom is 0.337 e. The number of hydrogen-bond acceptors (Lipinski definition) is 5. The molecule has 0 radical (unpaired) electrons. The quantitative estimate of drug-likeness (QED) is 0.811. The van der Waals surface area contributed by atoms with E-state index >= 15 is 0 Å². The van der Waals surface area contributed by atoms with Crippen molar-refractivity contribution < 1.29 is 18.3 Å². The summed E-state index contributed by atoms with van der Waals surface area (Å²) in [5.41, 5.74) is -0.238. The molecule has 0 amide bonds. The second-order valence-corrected chi connectivity index (χ2v) is 5.88. The molecule has 0 unspecified atom stereocenters. The third kappa shape index (κ3) is 3.25. The first-order valence-electron chi connectivity index (χ1n) is 5.11. The smallest absolute Gasteiger partial charge is 0.337 e. The molecule has 0 aliphatic carbocycles. The van der Waals surface area contributed by atoms with Crippen molar-refractivity contribution in [2.45, 2.75) is 4.90 Å². The summed E-state index contributed by atoms with van der Waals surface area (Å²) in [4.78, 5) is 10.5. The SMILES string of the molecule is N#CCN(CC#N)S(=O)(=O)c1ccc(C(=O)O)c(Cl)c1. The lowest BCUT2D eigenvalue weighted by atomic mass is 10.2. The van der Waals surface area contributed by atoms with Gasteiger partial charge in [0.2, 0.25) is 10.0 Å².